The van der Waals surface area contributed by atoms with E-state index >= 15 is 0 Å². The molecule has 0 atom stereocenters. The van der Waals surface area contributed by atoms with Crippen molar-refractivity contribution in [1.29, 1.82) is 0 Å². The Bertz CT molecular complexity index is 370. The van der Waals surface area contributed by atoms with E-state index in [0.717, 1.165) is 18.7 Å². The number of nitrogens with zero attached hydrogens (tertiary/aromatic N) is 1. The molecule has 0 aliphatic carbocycles. The summed E-state index contributed by atoms with van der Waals surface area (Å²) in [5, 5.41) is 0. The molecule has 0 amide bonds. The lowest BCUT2D eigenvalue weighted by Gasteiger charge is -2.29. The largest absolute Gasteiger partial charge is 0.305 e. The van der Waals surface area contributed by atoms with Gasteiger partial charge in [0.1, 0.15) is 0 Å². The van der Waals surface area contributed by atoms with E-state index in [0.29, 0.717) is 0 Å². The number of carbonyl (C=O) groups excluding carboxylic acids is 1. The molecule has 1 rings (SSSR count). The minimum Gasteiger partial charge on any atom is -0.305 e. The lowest BCUT2D eigenvalue weighted by molar-refractivity contribution is 0.0783. The van der Waals surface area contributed by atoms with E-state index in [1.807, 2.05) is 44.2 Å². The Morgan fingerprint density at radius 1 is 1.22 bits per heavy atom. The Kier molecular flexibility index (Phi) is 5.54. The maximum Gasteiger partial charge on any atom is 0.169 e. The number of rotatable bonds is 7. The van der Waals surface area contributed by atoms with Gasteiger partial charge >= 0.3 is 0 Å². The van der Waals surface area contributed by atoms with Crippen LogP contribution in [0.1, 0.15) is 44.0 Å². The molecule has 0 aliphatic heterocycles. The summed E-state index contributed by atoms with van der Waals surface area (Å²) in [5.41, 5.74) is 0.482. The molecule has 0 bridgehead atoms. The first-order valence-corrected chi connectivity index (χ1v) is 6.76. The highest BCUT2D eigenvalue weighted by molar-refractivity contribution is 6.00. The molecule has 2 heteroatoms. The average Bonchev–Trinajstić information content (AvgIpc) is 2.36. The van der Waals surface area contributed by atoms with E-state index < -0.39 is 0 Å². The van der Waals surface area contributed by atoms with Crippen molar-refractivity contribution < 1.29 is 4.79 Å². The van der Waals surface area contributed by atoms with Gasteiger partial charge in [0.15, 0.2) is 5.78 Å². The highest BCUT2D eigenvalue weighted by Gasteiger charge is 2.29. The first-order valence-electron chi connectivity index (χ1n) is 6.76. The summed E-state index contributed by atoms with van der Waals surface area (Å²) in [6.45, 7) is 8.12. The van der Waals surface area contributed by atoms with Gasteiger partial charge in [0, 0.05) is 17.5 Å². The molecule has 0 saturated carbocycles. The van der Waals surface area contributed by atoms with Crippen LogP contribution in [-0.2, 0) is 0 Å². The first kappa shape index (κ1) is 14.9. The number of ketones is 1. The molecule has 2 nitrogen and oxygen atoms in total. The molecule has 0 radical (unpaired) electrons. The lowest BCUT2D eigenvalue weighted by Crippen LogP contribution is -2.37. The van der Waals surface area contributed by atoms with Gasteiger partial charge in [0.2, 0.25) is 0 Å². The van der Waals surface area contributed by atoms with Crippen molar-refractivity contribution in [3.8, 4) is 0 Å². The van der Waals surface area contributed by atoms with E-state index in [-0.39, 0.29) is 11.2 Å². The number of benzene rings is 1. The molecule has 0 spiro atoms. The van der Waals surface area contributed by atoms with Crippen LogP contribution in [0.5, 0.6) is 0 Å². The van der Waals surface area contributed by atoms with Crippen LogP contribution in [0.4, 0.5) is 0 Å². The van der Waals surface area contributed by atoms with Crippen LogP contribution in [0.15, 0.2) is 30.3 Å². The predicted molar refractivity (Wildman–Crippen MR) is 77.0 cm³/mol. The number of Topliss-reactive ketones (excluding diaryl/α,β-unsaturated/α-hetero) is 1. The van der Waals surface area contributed by atoms with Gasteiger partial charge in [0.25, 0.3) is 0 Å². The molecule has 0 heterocycles. The lowest BCUT2D eigenvalue weighted by atomic mass is 9.83. The maximum atomic E-state index is 12.4. The molecule has 0 N–H and O–H groups in total. The minimum absolute atomic E-state index is 0.228. The number of unbranched alkanes of at least 4 members (excludes halogenated alkanes) is 1. The fraction of sp³-hybridized carbons (Fsp3) is 0.562. The monoisotopic (exact) mass is 247 g/mol. The summed E-state index contributed by atoms with van der Waals surface area (Å²) in [4.78, 5) is 14.7. The molecule has 0 saturated heterocycles. The van der Waals surface area contributed by atoms with Crippen molar-refractivity contribution in [1.82, 2.24) is 4.90 Å². The quantitative estimate of drug-likeness (QED) is 0.686. The third-order valence-electron chi connectivity index (χ3n) is 3.21. The van der Waals surface area contributed by atoms with E-state index in [1.165, 1.54) is 12.8 Å². The Labute approximate surface area is 111 Å². The van der Waals surface area contributed by atoms with E-state index in [1.54, 1.807) is 0 Å². The van der Waals surface area contributed by atoms with Crippen LogP contribution < -0.4 is 0 Å². The smallest absolute Gasteiger partial charge is 0.169 e. The second-order valence-corrected chi connectivity index (χ2v) is 5.67. The van der Waals surface area contributed by atoms with Crippen molar-refractivity contribution in [3.63, 3.8) is 0 Å². The zero-order valence-electron chi connectivity index (χ0n) is 12.1. The van der Waals surface area contributed by atoms with Crippen molar-refractivity contribution in [3.05, 3.63) is 35.9 Å². The van der Waals surface area contributed by atoms with Crippen LogP contribution in [0.2, 0.25) is 0 Å². The van der Waals surface area contributed by atoms with Crippen molar-refractivity contribution in [2.24, 2.45) is 5.41 Å². The summed E-state index contributed by atoms with van der Waals surface area (Å²) < 4.78 is 0. The topological polar surface area (TPSA) is 20.3 Å². The summed E-state index contributed by atoms with van der Waals surface area (Å²) in [7, 11) is 2.09. The molecular formula is C16H25NO. The molecule has 1 aromatic rings. The first-order chi connectivity index (χ1) is 8.47. The highest BCUT2D eigenvalue weighted by Crippen LogP contribution is 2.23. The molecular weight excluding hydrogens is 222 g/mol. The van der Waals surface area contributed by atoms with Crippen LogP contribution in [0.25, 0.3) is 0 Å². The van der Waals surface area contributed by atoms with Gasteiger partial charge in [-0.3, -0.25) is 4.79 Å². The van der Waals surface area contributed by atoms with Gasteiger partial charge in [-0.05, 0) is 20.0 Å². The van der Waals surface area contributed by atoms with E-state index in [4.69, 9.17) is 0 Å². The summed E-state index contributed by atoms with van der Waals surface area (Å²) in [6.07, 6.45) is 2.38. The van der Waals surface area contributed by atoms with Crippen LogP contribution >= 0.6 is 0 Å². The van der Waals surface area contributed by atoms with Crippen LogP contribution in [0.3, 0.4) is 0 Å². The van der Waals surface area contributed by atoms with Crippen molar-refractivity contribution in [2.75, 3.05) is 20.1 Å². The SMILES string of the molecule is CCCCN(C)CC(C)(C)C(=O)c1ccccc1. The predicted octanol–water partition coefficient (Wildman–Crippen LogP) is 3.63. The zero-order valence-corrected chi connectivity index (χ0v) is 12.1. The standard InChI is InChI=1S/C16H25NO/c1-5-6-12-17(4)13-16(2,3)15(18)14-10-8-7-9-11-14/h7-11H,5-6,12-13H2,1-4H3. The molecule has 0 aromatic heterocycles. The second kappa shape index (κ2) is 6.69. The molecule has 100 valence electrons. The van der Waals surface area contributed by atoms with Crippen molar-refractivity contribution in [2.45, 2.75) is 33.6 Å². The second-order valence-electron chi connectivity index (χ2n) is 5.67. The Morgan fingerprint density at radius 2 is 1.83 bits per heavy atom. The number of carbonyl (C=O) groups is 1. The van der Waals surface area contributed by atoms with Crippen LogP contribution in [0, 0.1) is 5.41 Å². The highest BCUT2D eigenvalue weighted by atomic mass is 16.1. The Morgan fingerprint density at radius 3 is 2.39 bits per heavy atom. The zero-order chi connectivity index (χ0) is 13.6. The average molecular weight is 247 g/mol. The third-order valence-corrected chi connectivity index (χ3v) is 3.21. The summed E-state index contributed by atoms with van der Waals surface area (Å²) in [5.74, 6) is 0.228. The van der Waals surface area contributed by atoms with Gasteiger partial charge in [-0.1, -0.05) is 57.5 Å². The fourth-order valence-corrected chi connectivity index (χ4v) is 2.23. The Hall–Kier alpha value is -1.15. The van der Waals surface area contributed by atoms with Gasteiger partial charge in [-0.25, -0.2) is 0 Å². The van der Waals surface area contributed by atoms with Crippen LogP contribution in [-0.4, -0.2) is 30.8 Å². The molecule has 1 aromatic carbocycles. The molecule has 18 heavy (non-hydrogen) atoms. The van der Waals surface area contributed by atoms with E-state index in [2.05, 4.69) is 18.9 Å². The normalized spacial score (nSPS) is 11.8. The third kappa shape index (κ3) is 4.26. The molecule has 0 unspecified atom stereocenters. The van der Waals surface area contributed by atoms with Gasteiger partial charge in [0.05, 0.1) is 0 Å². The summed E-state index contributed by atoms with van der Waals surface area (Å²) in [6, 6.07) is 9.58. The van der Waals surface area contributed by atoms with Crippen molar-refractivity contribution >= 4 is 5.78 Å². The van der Waals surface area contributed by atoms with Gasteiger partial charge in [-0.2, -0.15) is 0 Å². The van der Waals surface area contributed by atoms with Gasteiger partial charge < -0.3 is 4.90 Å². The number of hydrogen-bond acceptors (Lipinski definition) is 2. The fourth-order valence-electron chi connectivity index (χ4n) is 2.23. The molecule has 0 aliphatic rings. The van der Waals surface area contributed by atoms with E-state index in [9.17, 15) is 4.79 Å². The van der Waals surface area contributed by atoms with Gasteiger partial charge in [-0.15, -0.1) is 0 Å². The Balaban J connectivity index is 2.65. The number of hydrogen-bond donors (Lipinski definition) is 0. The minimum atomic E-state index is -0.330. The maximum absolute atomic E-state index is 12.4. The molecule has 0 fully saturated rings. The summed E-state index contributed by atoms with van der Waals surface area (Å²) >= 11 is 0.